The van der Waals surface area contributed by atoms with Gasteiger partial charge in [0.15, 0.2) is 17.0 Å². The Kier molecular flexibility index (Phi) is 7.36. The predicted molar refractivity (Wildman–Crippen MR) is 122 cm³/mol. The summed E-state index contributed by atoms with van der Waals surface area (Å²) in [6.07, 6.45) is -9.61. The molecule has 1 aromatic carbocycles. The molecule has 0 bridgehead atoms. The maximum atomic E-state index is 13.3. The molecule has 0 aliphatic rings. The molecule has 0 atom stereocenters. The Morgan fingerprint density at radius 1 is 1.00 bits per heavy atom. The fourth-order valence-electron chi connectivity index (χ4n) is 3.94. The van der Waals surface area contributed by atoms with Gasteiger partial charge in [-0.1, -0.05) is 6.92 Å². The molecule has 3 aromatic heterocycles. The molecule has 1 N–H and O–H groups in total. The molecule has 0 saturated heterocycles. The molecular formula is C21H19ClF6N8O2. The number of nitrogens with one attached hydrogen (secondary N) is 1. The average Bonchev–Trinajstić information content (AvgIpc) is 3.43. The van der Waals surface area contributed by atoms with E-state index in [9.17, 15) is 35.9 Å². The summed E-state index contributed by atoms with van der Waals surface area (Å²) in [5.74, 6) is -0.231. The number of fused-ring (bicyclic) bond motifs is 1. The number of imidazole rings is 1. The zero-order valence-corrected chi connectivity index (χ0v) is 20.3. The number of aromatic amines is 1. The van der Waals surface area contributed by atoms with Gasteiger partial charge in [-0.15, -0.1) is 10.2 Å². The SMILES string of the molecule is CCCn1c(=O)n(CCCn2nnc(Cc3cc(C(F)(F)F)ccc3C(F)(F)F)n2)c(=O)c2[nH]c(Cl)nc21. The molecule has 4 rings (SSSR count). The van der Waals surface area contributed by atoms with E-state index in [-0.39, 0.29) is 41.8 Å². The zero-order valence-electron chi connectivity index (χ0n) is 19.6. The summed E-state index contributed by atoms with van der Waals surface area (Å²) in [7, 11) is 0. The van der Waals surface area contributed by atoms with Gasteiger partial charge in [-0.05, 0) is 53.4 Å². The lowest BCUT2D eigenvalue weighted by Crippen LogP contribution is -2.40. The lowest BCUT2D eigenvalue weighted by atomic mass is 10.0. The van der Waals surface area contributed by atoms with E-state index in [1.807, 2.05) is 6.92 Å². The highest BCUT2D eigenvalue weighted by Gasteiger charge is 2.37. The van der Waals surface area contributed by atoms with Crippen LogP contribution in [-0.4, -0.2) is 39.3 Å². The van der Waals surface area contributed by atoms with Crippen molar-refractivity contribution in [3.63, 3.8) is 0 Å². The first-order valence-electron chi connectivity index (χ1n) is 11.2. The Bertz CT molecular complexity index is 1580. The van der Waals surface area contributed by atoms with E-state index in [0.29, 0.717) is 31.2 Å². The average molecular weight is 565 g/mol. The number of halogens is 7. The Hall–Kier alpha value is -3.69. The van der Waals surface area contributed by atoms with Gasteiger partial charge in [0.25, 0.3) is 5.56 Å². The highest BCUT2D eigenvalue weighted by atomic mass is 35.5. The van der Waals surface area contributed by atoms with Gasteiger partial charge in [-0.2, -0.15) is 36.1 Å². The Labute approximate surface area is 213 Å². The van der Waals surface area contributed by atoms with Crippen LogP contribution in [0.1, 0.15) is 42.3 Å². The molecule has 0 spiro atoms. The fraction of sp³-hybridized carbons (Fsp3) is 0.429. The third-order valence-corrected chi connectivity index (χ3v) is 5.78. The lowest BCUT2D eigenvalue weighted by molar-refractivity contribution is -0.141. The van der Waals surface area contributed by atoms with E-state index < -0.39 is 46.7 Å². The molecule has 0 unspecified atom stereocenters. The quantitative estimate of drug-likeness (QED) is 0.258. The summed E-state index contributed by atoms with van der Waals surface area (Å²) in [6.45, 7) is 2.09. The number of H-pyrrole nitrogens is 1. The van der Waals surface area contributed by atoms with Crippen LogP contribution in [0.25, 0.3) is 11.2 Å². The number of tetrazole rings is 1. The molecule has 0 radical (unpaired) electrons. The standard InChI is InChI=1S/C21H19ClF6N8O2/c1-2-6-34-16-15(29-18(22)30-16)17(37)35(19(34)38)7-3-8-36-32-14(31-33-36)10-11-9-12(20(23,24)25)4-5-13(11)21(26,27)28/h4-5,9H,2-3,6-8,10H2,1H3,(H,29,30). The van der Waals surface area contributed by atoms with Gasteiger partial charge in [-0.25, -0.2) is 4.79 Å². The summed E-state index contributed by atoms with van der Waals surface area (Å²) in [6, 6.07) is 1.14. The summed E-state index contributed by atoms with van der Waals surface area (Å²) in [5, 5.41) is 11.2. The first-order chi connectivity index (χ1) is 17.8. The van der Waals surface area contributed by atoms with Crippen LogP contribution in [0.3, 0.4) is 0 Å². The van der Waals surface area contributed by atoms with Gasteiger partial charge in [0.1, 0.15) is 0 Å². The minimum atomic E-state index is -4.88. The van der Waals surface area contributed by atoms with Crippen LogP contribution in [0, 0.1) is 0 Å². The van der Waals surface area contributed by atoms with E-state index in [4.69, 9.17) is 11.6 Å². The van der Waals surface area contributed by atoms with Gasteiger partial charge in [0, 0.05) is 19.5 Å². The molecular weight excluding hydrogens is 546 g/mol. The van der Waals surface area contributed by atoms with Gasteiger partial charge in [0.05, 0.1) is 17.7 Å². The lowest BCUT2D eigenvalue weighted by Gasteiger charge is -2.14. The number of hydrogen-bond acceptors (Lipinski definition) is 6. The molecule has 3 heterocycles. The van der Waals surface area contributed by atoms with Crippen LogP contribution < -0.4 is 11.2 Å². The minimum absolute atomic E-state index is 0.0170. The second-order valence-corrected chi connectivity index (χ2v) is 8.67. The van der Waals surface area contributed by atoms with E-state index in [2.05, 4.69) is 25.4 Å². The first-order valence-corrected chi connectivity index (χ1v) is 11.6. The smallest absolute Gasteiger partial charge is 0.323 e. The number of aromatic nitrogens is 8. The van der Waals surface area contributed by atoms with Crippen LogP contribution in [0.15, 0.2) is 27.8 Å². The zero-order chi connectivity index (χ0) is 27.8. The van der Waals surface area contributed by atoms with Crippen LogP contribution in [0.5, 0.6) is 0 Å². The molecule has 204 valence electrons. The molecule has 0 saturated carbocycles. The Morgan fingerprint density at radius 3 is 2.39 bits per heavy atom. The molecule has 4 aromatic rings. The Morgan fingerprint density at radius 2 is 1.74 bits per heavy atom. The van der Waals surface area contributed by atoms with Crippen LogP contribution in [0.4, 0.5) is 26.3 Å². The molecule has 0 fully saturated rings. The molecule has 0 amide bonds. The van der Waals surface area contributed by atoms with Crippen molar-refractivity contribution in [3.05, 3.63) is 66.8 Å². The van der Waals surface area contributed by atoms with Crippen molar-refractivity contribution in [3.8, 4) is 0 Å². The second-order valence-electron chi connectivity index (χ2n) is 8.32. The first kappa shape index (κ1) is 27.3. The van der Waals surface area contributed by atoms with E-state index >= 15 is 0 Å². The maximum absolute atomic E-state index is 13.3. The minimum Gasteiger partial charge on any atom is -0.323 e. The highest BCUT2D eigenvalue weighted by Crippen LogP contribution is 2.37. The molecule has 17 heteroatoms. The second kappa shape index (κ2) is 10.2. The number of benzene rings is 1. The number of aryl methyl sites for hydroxylation is 2. The summed E-state index contributed by atoms with van der Waals surface area (Å²) >= 11 is 5.87. The van der Waals surface area contributed by atoms with Crippen molar-refractivity contribution in [1.82, 2.24) is 39.3 Å². The van der Waals surface area contributed by atoms with Crippen molar-refractivity contribution in [1.29, 1.82) is 0 Å². The summed E-state index contributed by atoms with van der Waals surface area (Å²) in [5.41, 5.74) is -4.15. The van der Waals surface area contributed by atoms with Crippen molar-refractivity contribution in [2.24, 2.45) is 0 Å². The largest absolute Gasteiger partial charge is 0.416 e. The fourth-order valence-corrected chi connectivity index (χ4v) is 4.11. The number of nitrogens with zero attached hydrogens (tertiary/aromatic N) is 7. The number of hydrogen-bond donors (Lipinski definition) is 1. The van der Waals surface area contributed by atoms with E-state index in [1.165, 1.54) is 4.57 Å². The number of alkyl halides is 6. The van der Waals surface area contributed by atoms with Crippen molar-refractivity contribution < 1.29 is 26.3 Å². The van der Waals surface area contributed by atoms with Crippen LogP contribution >= 0.6 is 11.6 Å². The highest BCUT2D eigenvalue weighted by molar-refractivity contribution is 6.28. The monoisotopic (exact) mass is 564 g/mol. The van der Waals surface area contributed by atoms with Gasteiger partial charge in [0.2, 0.25) is 5.28 Å². The van der Waals surface area contributed by atoms with Gasteiger partial charge in [-0.3, -0.25) is 13.9 Å². The number of rotatable bonds is 8. The molecule has 38 heavy (non-hydrogen) atoms. The van der Waals surface area contributed by atoms with Crippen LogP contribution in [0.2, 0.25) is 5.28 Å². The predicted octanol–water partition coefficient (Wildman–Crippen LogP) is 3.65. The normalized spacial score (nSPS) is 12.5. The molecule has 10 nitrogen and oxygen atoms in total. The van der Waals surface area contributed by atoms with Crippen molar-refractivity contribution >= 4 is 22.8 Å². The van der Waals surface area contributed by atoms with Crippen LogP contribution in [-0.2, 0) is 38.4 Å². The Balaban J connectivity index is 1.52. The molecule has 0 aliphatic carbocycles. The van der Waals surface area contributed by atoms with Gasteiger partial charge < -0.3 is 4.98 Å². The third kappa shape index (κ3) is 5.58. The van der Waals surface area contributed by atoms with E-state index in [1.54, 1.807) is 0 Å². The topological polar surface area (TPSA) is 116 Å². The van der Waals surface area contributed by atoms with Crippen molar-refractivity contribution in [2.45, 2.75) is 58.2 Å². The van der Waals surface area contributed by atoms with Gasteiger partial charge >= 0.3 is 18.0 Å². The van der Waals surface area contributed by atoms with Crippen molar-refractivity contribution in [2.75, 3.05) is 0 Å². The summed E-state index contributed by atoms with van der Waals surface area (Å²) < 4.78 is 81.5. The summed E-state index contributed by atoms with van der Waals surface area (Å²) in [4.78, 5) is 33.3. The maximum Gasteiger partial charge on any atom is 0.416 e. The third-order valence-electron chi connectivity index (χ3n) is 5.60. The molecule has 0 aliphatic heterocycles. The van der Waals surface area contributed by atoms with E-state index in [0.717, 1.165) is 9.36 Å².